The van der Waals surface area contributed by atoms with Crippen molar-refractivity contribution in [3.8, 4) is 22.6 Å². The largest absolute Gasteiger partial charge is 0.457 e. The van der Waals surface area contributed by atoms with E-state index in [0.717, 1.165) is 16.7 Å². The molecule has 2 aromatic heterocycles. The number of pyridine rings is 1. The van der Waals surface area contributed by atoms with E-state index >= 15 is 0 Å². The Balaban J connectivity index is 1.88. The molecule has 0 spiro atoms. The molecule has 5 nitrogen and oxygen atoms in total. The second kappa shape index (κ2) is 7.67. The number of amides is 1. The maximum atomic E-state index is 13.7. The highest BCUT2D eigenvalue weighted by molar-refractivity contribution is 7.21. The van der Waals surface area contributed by atoms with Gasteiger partial charge in [0.15, 0.2) is 0 Å². The minimum atomic E-state index is -0.565. The van der Waals surface area contributed by atoms with Crippen LogP contribution in [0.25, 0.3) is 21.2 Å². The fourth-order valence-corrected chi connectivity index (χ4v) is 4.75. The van der Waals surface area contributed by atoms with Crippen LogP contribution in [-0.2, 0) is 7.05 Å². The Bertz CT molecular complexity index is 1400. The molecule has 0 fully saturated rings. The van der Waals surface area contributed by atoms with Gasteiger partial charge in [-0.25, -0.2) is 4.39 Å². The molecule has 158 valence electrons. The van der Waals surface area contributed by atoms with Gasteiger partial charge < -0.3 is 15.0 Å². The molecule has 0 aliphatic carbocycles. The van der Waals surface area contributed by atoms with Gasteiger partial charge in [0.25, 0.3) is 11.5 Å². The highest BCUT2D eigenvalue weighted by Gasteiger charge is 2.17. The molecular formula is C24H21FN2O3S. The van der Waals surface area contributed by atoms with Crippen molar-refractivity contribution in [3.05, 3.63) is 80.3 Å². The van der Waals surface area contributed by atoms with E-state index in [0.29, 0.717) is 37.6 Å². The standard InChI is InChI=1S/C24H21FN2O3S/c1-12-5-15(9-17(6-12)30-21-13(2)7-16(25)8-14(21)3)19-11-27(4)24(29)18-10-20(23(26)28)31-22(18)19/h5-11H,1-4H3,(H2,26,28). The zero-order chi connectivity index (χ0) is 22.4. The quantitative estimate of drug-likeness (QED) is 0.476. The zero-order valence-electron chi connectivity index (χ0n) is 17.6. The number of hydrogen-bond acceptors (Lipinski definition) is 4. The number of nitrogens with zero attached hydrogens (tertiary/aromatic N) is 1. The number of primary amides is 1. The van der Waals surface area contributed by atoms with E-state index in [1.807, 2.05) is 25.1 Å². The van der Waals surface area contributed by atoms with Crippen LogP contribution in [0.1, 0.15) is 26.4 Å². The van der Waals surface area contributed by atoms with E-state index in [1.165, 1.54) is 28.0 Å². The monoisotopic (exact) mass is 436 g/mol. The van der Waals surface area contributed by atoms with Crippen LogP contribution in [0.4, 0.5) is 4.39 Å². The molecule has 0 saturated carbocycles. The Kier molecular flexibility index (Phi) is 5.15. The second-order valence-corrected chi connectivity index (χ2v) is 8.73. The number of aryl methyl sites for hydroxylation is 4. The Hall–Kier alpha value is -3.45. The summed E-state index contributed by atoms with van der Waals surface area (Å²) in [5.74, 6) is 0.338. The van der Waals surface area contributed by atoms with Crippen molar-refractivity contribution in [2.75, 3.05) is 0 Å². The van der Waals surface area contributed by atoms with Crippen LogP contribution in [-0.4, -0.2) is 10.5 Å². The zero-order valence-corrected chi connectivity index (χ0v) is 18.4. The smallest absolute Gasteiger partial charge is 0.259 e. The van der Waals surface area contributed by atoms with Gasteiger partial charge in [0.05, 0.1) is 10.3 Å². The lowest BCUT2D eigenvalue weighted by molar-refractivity contribution is 0.100. The van der Waals surface area contributed by atoms with Gasteiger partial charge in [-0.2, -0.15) is 0 Å². The summed E-state index contributed by atoms with van der Waals surface area (Å²) in [7, 11) is 1.67. The number of hydrogen-bond donors (Lipinski definition) is 1. The summed E-state index contributed by atoms with van der Waals surface area (Å²) in [5, 5.41) is 0.452. The third-order valence-corrected chi connectivity index (χ3v) is 6.28. The van der Waals surface area contributed by atoms with E-state index in [4.69, 9.17) is 10.5 Å². The van der Waals surface area contributed by atoms with Gasteiger partial charge in [0.2, 0.25) is 0 Å². The van der Waals surface area contributed by atoms with Gasteiger partial charge in [-0.3, -0.25) is 9.59 Å². The number of nitrogens with two attached hydrogens (primary N) is 1. The topological polar surface area (TPSA) is 74.3 Å². The van der Waals surface area contributed by atoms with Crippen LogP contribution in [0.5, 0.6) is 11.5 Å². The molecule has 0 saturated heterocycles. The summed E-state index contributed by atoms with van der Waals surface area (Å²) in [6.45, 7) is 5.55. The van der Waals surface area contributed by atoms with Gasteiger partial charge in [-0.05, 0) is 73.4 Å². The summed E-state index contributed by atoms with van der Waals surface area (Å²) < 4.78 is 22.0. The fourth-order valence-electron chi connectivity index (χ4n) is 3.72. The predicted molar refractivity (Wildman–Crippen MR) is 122 cm³/mol. The molecule has 0 radical (unpaired) electrons. The van der Waals surface area contributed by atoms with Crippen molar-refractivity contribution in [2.45, 2.75) is 20.8 Å². The number of aromatic nitrogens is 1. The van der Waals surface area contributed by atoms with E-state index in [2.05, 4.69) is 0 Å². The van der Waals surface area contributed by atoms with Crippen molar-refractivity contribution < 1.29 is 13.9 Å². The Morgan fingerprint density at radius 3 is 2.39 bits per heavy atom. The molecule has 7 heteroatoms. The lowest BCUT2D eigenvalue weighted by atomic mass is 10.0. The third kappa shape index (κ3) is 3.84. The third-order valence-electron chi connectivity index (χ3n) is 5.10. The van der Waals surface area contributed by atoms with Gasteiger partial charge in [0.1, 0.15) is 17.3 Å². The maximum absolute atomic E-state index is 13.7. The molecule has 0 aliphatic heterocycles. The van der Waals surface area contributed by atoms with Gasteiger partial charge in [-0.1, -0.05) is 6.07 Å². The van der Waals surface area contributed by atoms with Crippen LogP contribution in [0.3, 0.4) is 0 Å². The highest BCUT2D eigenvalue weighted by atomic mass is 32.1. The number of fused-ring (bicyclic) bond motifs is 1. The van der Waals surface area contributed by atoms with Crippen molar-refractivity contribution in [3.63, 3.8) is 0 Å². The van der Waals surface area contributed by atoms with Crippen LogP contribution in [0, 0.1) is 26.6 Å². The summed E-state index contributed by atoms with van der Waals surface area (Å²) >= 11 is 1.20. The summed E-state index contributed by atoms with van der Waals surface area (Å²) in [4.78, 5) is 24.6. The number of rotatable bonds is 4. The molecular weight excluding hydrogens is 415 g/mol. The van der Waals surface area contributed by atoms with Crippen LogP contribution in [0.15, 0.2) is 47.4 Å². The molecule has 2 heterocycles. The molecule has 0 atom stereocenters. The van der Waals surface area contributed by atoms with Crippen LogP contribution in [0.2, 0.25) is 0 Å². The predicted octanol–water partition coefficient (Wildman–Crippen LogP) is 5.22. The van der Waals surface area contributed by atoms with E-state index in [1.54, 1.807) is 33.2 Å². The van der Waals surface area contributed by atoms with Gasteiger partial charge >= 0.3 is 0 Å². The number of carbonyl (C=O) groups excluding carboxylic acids is 1. The Morgan fingerprint density at radius 1 is 1.06 bits per heavy atom. The van der Waals surface area contributed by atoms with E-state index in [-0.39, 0.29) is 11.4 Å². The first-order valence-corrected chi connectivity index (χ1v) is 10.5. The van der Waals surface area contributed by atoms with Crippen molar-refractivity contribution >= 4 is 27.3 Å². The number of benzene rings is 2. The first-order chi connectivity index (χ1) is 14.6. The van der Waals surface area contributed by atoms with Gasteiger partial charge in [-0.15, -0.1) is 11.3 Å². The lowest BCUT2D eigenvalue weighted by Crippen LogP contribution is -2.15. The minimum Gasteiger partial charge on any atom is -0.457 e. The highest BCUT2D eigenvalue weighted by Crippen LogP contribution is 2.37. The molecule has 4 aromatic rings. The van der Waals surface area contributed by atoms with Crippen molar-refractivity contribution in [2.24, 2.45) is 12.8 Å². The molecule has 0 unspecified atom stereocenters. The molecule has 0 bridgehead atoms. The Morgan fingerprint density at radius 2 is 1.74 bits per heavy atom. The first kappa shape index (κ1) is 20.8. The molecule has 1 amide bonds. The van der Waals surface area contributed by atoms with Crippen molar-refractivity contribution in [1.82, 2.24) is 4.57 Å². The number of carbonyl (C=O) groups is 1. The van der Waals surface area contributed by atoms with Gasteiger partial charge in [0, 0.05) is 23.5 Å². The SMILES string of the molecule is Cc1cc(Oc2c(C)cc(F)cc2C)cc(-c2cn(C)c(=O)c3cc(C(N)=O)sc23)c1. The first-order valence-electron chi connectivity index (χ1n) is 9.63. The summed E-state index contributed by atoms with van der Waals surface area (Å²) in [5.41, 5.74) is 9.26. The maximum Gasteiger partial charge on any atom is 0.259 e. The van der Waals surface area contributed by atoms with E-state index in [9.17, 15) is 14.0 Å². The number of halogens is 1. The summed E-state index contributed by atoms with van der Waals surface area (Å²) in [6, 6.07) is 10.2. The molecule has 31 heavy (non-hydrogen) atoms. The molecule has 2 N–H and O–H groups in total. The summed E-state index contributed by atoms with van der Waals surface area (Å²) in [6.07, 6.45) is 1.75. The minimum absolute atomic E-state index is 0.191. The lowest BCUT2D eigenvalue weighted by Gasteiger charge is -2.14. The second-order valence-electron chi connectivity index (χ2n) is 7.68. The molecule has 0 aliphatic rings. The van der Waals surface area contributed by atoms with Crippen LogP contribution < -0.4 is 16.0 Å². The fraction of sp³-hybridized carbons (Fsp3) is 0.167. The normalized spacial score (nSPS) is 11.1. The van der Waals surface area contributed by atoms with Crippen molar-refractivity contribution in [1.29, 1.82) is 0 Å². The number of thiophene rings is 1. The molecule has 4 rings (SSSR count). The number of ether oxygens (including phenoxy) is 1. The molecule has 2 aromatic carbocycles. The Labute approximate surface area is 182 Å². The van der Waals surface area contributed by atoms with E-state index < -0.39 is 5.91 Å². The average Bonchev–Trinajstić information content (AvgIpc) is 3.13. The van der Waals surface area contributed by atoms with Crippen LogP contribution >= 0.6 is 11.3 Å². The average molecular weight is 437 g/mol.